The molecule has 3 aromatic heterocycles. The predicted molar refractivity (Wildman–Crippen MR) is 108 cm³/mol. The van der Waals surface area contributed by atoms with Crippen molar-refractivity contribution < 1.29 is 13.6 Å². The number of nitrogens with zero attached hydrogens (tertiary/aromatic N) is 2. The topological polar surface area (TPSA) is 46.9 Å². The number of halogens is 3. The lowest BCUT2D eigenvalue weighted by atomic mass is 10.2. The van der Waals surface area contributed by atoms with Crippen molar-refractivity contribution in [3.8, 4) is 0 Å². The van der Waals surface area contributed by atoms with Gasteiger partial charge in [0.25, 0.3) is 5.91 Å². The Bertz CT molecular complexity index is 1160. The maximum Gasteiger partial charge on any atom is 0.268 e. The fourth-order valence-electron chi connectivity index (χ4n) is 2.98. The van der Waals surface area contributed by atoms with Crippen molar-refractivity contribution in [3.05, 3.63) is 87.1 Å². The van der Waals surface area contributed by atoms with Gasteiger partial charge in [0.1, 0.15) is 5.69 Å². The van der Waals surface area contributed by atoms with Gasteiger partial charge in [-0.15, -0.1) is 11.3 Å². The average Bonchev–Trinajstić information content (AvgIpc) is 3.24. The first-order valence-electron chi connectivity index (χ1n) is 8.40. The van der Waals surface area contributed by atoms with E-state index in [-0.39, 0.29) is 12.5 Å². The van der Waals surface area contributed by atoms with E-state index in [0.29, 0.717) is 17.8 Å². The van der Waals surface area contributed by atoms with E-state index >= 15 is 0 Å². The van der Waals surface area contributed by atoms with Crippen LogP contribution in [-0.4, -0.2) is 15.5 Å². The van der Waals surface area contributed by atoms with Crippen LogP contribution >= 0.6 is 27.3 Å². The lowest BCUT2D eigenvalue weighted by Crippen LogP contribution is -2.25. The lowest BCUT2D eigenvalue weighted by Gasteiger charge is -2.12. The van der Waals surface area contributed by atoms with Crippen LogP contribution in [0.5, 0.6) is 0 Å². The number of rotatable bonds is 5. The Hall–Kier alpha value is -2.58. The molecule has 4 rings (SSSR count). The fourth-order valence-corrected chi connectivity index (χ4v) is 4.67. The number of hydrogen-bond acceptors (Lipinski definition) is 3. The van der Waals surface area contributed by atoms with Crippen LogP contribution in [0, 0.1) is 11.6 Å². The second-order valence-corrected chi connectivity index (χ2v) is 7.97. The summed E-state index contributed by atoms with van der Waals surface area (Å²) in [6.07, 6.45) is 3.36. The van der Waals surface area contributed by atoms with Crippen LogP contribution in [0.1, 0.15) is 21.6 Å². The highest BCUT2D eigenvalue weighted by molar-refractivity contribution is 9.10. The third-order valence-corrected chi connectivity index (χ3v) is 6.14. The van der Waals surface area contributed by atoms with Crippen molar-refractivity contribution in [2.75, 3.05) is 0 Å². The second-order valence-electron chi connectivity index (χ2n) is 6.20. The molecule has 1 N–H and O–H groups in total. The van der Waals surface area contributed by atoms with E-state index in [0.717, 1.165) is 32.4 Å². The predicted octanol–water partition coefficient (Wildman–Crippen LogP) is 5.12. The molecular formula is C20H14BrF2N3OS. The Kier molecular flexibility index (Phi) is 5.23. The van der Waals surface area contributed by atoms with E-state index in [2.05, 4.69) is 26.2 Å². The molecule has 0 atom stereocenters. The standard InChI is InChI=1S/C20H14BrF2N3OS/c21-14-11-28-18-7-17(20(27)25-9-13-2-1-5-24-8-13)26(19(14)18)10-12-3-4-15(22)16(23)6-12/h1-8,11H,9-10H2,(H,25,27). The summed E-state index contributed by atoms with van der Waals surface area (Å²) in [6, 6.07) is 9.25. The van der Waals surface area contributed by atoms with E-state index in [1.165, 1.54) is 17.4 Å². The van der Waals surface area contributed by atoms with Crippen molar-refractivity contribution in [3.63, 3.8) is 0 Å². The van der Waals surface area contributed by atoms with Crippen molar-refractivity contribution in [1.29, 1.82) is 0 Å². The number of amides is 1. The van der Waals surface area contributed by atoms with E-state index < -0.39 is 11.6 Å². The molecule has 28 heavy (non-hydrogen) atoms. The van der Waals surface area contributed by atoms with Crippen molar-refractivity contribution in [1.82, 2.24) is 14.9 Å². The zero-order valence-electron chi connectivity index (χ0n) is 14.5. The number of thiophene rings is 1. The van der Waals surface area contributed by atoms with E-state index in [1.54, 1.807) is 23.0 Å². The summed E-state index contributed by atoms with van der Waals surface area (Å²) in [5.41, 5.74) is 2.76. The summed E-state index contributed by atoms with van der Waals surface area (Å²) in [7, 11) is 0. The lowest BCUT2D eigenvalue weighted by molar-refractivity contribution is 0.0942. The Morgan fingerprint density at radius 1 is 1.18 bits per heavy atom. The molecule has 0 bridgehead atoms. The van der Waals surface area contributed by atoms with Gasteiger partial charge in [-0.05, 0) is 51.3 Å². The van der Waals surface area contributed by atoms with Crippen LogP contribution in [0.3, 0.4) is 0 Å². The zero-order chi connectivity index (χ0) is 19.7. The maximum absolute atomic E-state index is 13.6. The number of benzene rings is 1. The molecule has 4 nitrogen and oxygen atoms in total. The second kappa shape index (κ2) is 7.81. The Morgan fingerprint density at radius 3 is 2.79 bits per heavy atom. The summed E-state index contributed by atoms with van der Waals surface area (Å²) in [5, 5.41) is 4.82. The quantitative estimate of drug-likeness (QED) is 0.448. The molecule has 3 heterocycles. The molecule has 0 fully saturated rings. The van der Waals surface area contributed by atoms with E-state index in [4.69, 9.17) is 0 Å². The molecule has 1 amide bonds. The first-order valence-corrected chi connectivity index (χ1v) is 10.1. The molecule has 0 unspecified atom stereocenters. The minimum Gasteiger partial charge on any atom is -0.347 e. The monoisotopic (exact) mass is 461 g/mol. The summed E-state index contributed by atoms with van der Waals surface area (Å²) >= 11 is 5.02. The highest BCUT2D eigenvalue weighted by Gasteiger charge is 2.19. The zero-order valence-corrected chi connectivity index (χ0v) is 16.9. The molecular weight excluding hydrogens is 448 g/mol. The molecule has 0 aliphatic heterocycles. The van der Waals surface area contributed by atoms with E-state index in [1.807, 2.05) is 17.5 Å². The Labute approximate surface area is 172 Å². The highest BCUT2D eigenvalue weighted by Crippen LogP contribution is 2.34. The highest BCUT2D eigenvalue weighted by atomic mass is 79.9. The summed E-state index contributed by atoms with van der Waals surface area (Å²) in [6.45, 7) is 0.587. The van der Waals surface area contributed by atoms with E-state index in [9.17, 15) is 13.6 Å². The van der Waals surface area contributed by atoms with Gasteiger partial charge in [0.2, 0.25) is 0 Å². The van der Waals surface area contributed by atoms with Gasteiger partial charge in [0, 0.05) is 30.9 Å². The van der Waals surface area contributed by atoms with Gasteiger partial charge in [-0.3, -0.25) is 9.78 Å². The third-order valence-electron chi connectivity index (χ3n) is 4.31. The van der Waals surface area contributed by atoms with Crippen molar-refractivity contribution in [2.45, 2.75) is 13.1 Å². The van der Waals surface area contributed by atoms with Gasteiger partial charge in [0.05, 0.1) is 14.7 Å². The maximum atomic E-state index is 13.6. The average molecular weight is 462 g/mol. The van der Waals surface area contributed by atoms with Crippen molar-refractivity contribution >= 4 is 43.4 Å². The van der Waals surface area contributed by atoms with Crippen LogP contribution in [0.15, 0.2) is 58.6 Å². The number of carbonyl (C=O) groups is 1. The number of nitrogens with one attached hydrogen (secondary N) is 1. The largest absolute Gasteiger partial charge is 0.347 e. The summed E-state index contributed by atoms with van der Waals surface area (Å²) in [4.78, 5) is 16.9. The summed E-state index contributed by atoms with van der Waals surface area (Å²) in [5.74, 6) is -2.05. The molecule has 0 spiro atoms. The number of hydrogen-bond donors (Lipinski definition) is 1. The van der Waals surface area contributed by atoms with Gasteiger partial charge >= 0.3 is 0 Å². The molecule has 4 aromatic rings. The molecule has 0 aliphatic rings. The van der Waals surface area contributed by atoms with Crippen LogP contribution < -0.4 is 5.32 Å². The molecule has 1 aromatic carbocycles. The van der Waals surface area contributed by atoms with Crippen LogP contribution in [-0.2, 0) is 13.1 Å². The number of carbonyl (C=O) groups excluding carboxylic acids is 1. The van der Waals surface area contributed by atoms with Gasteiger partial charge in [-0.1, -0.05) is 12.1 Å². The molecule has 0 aliphatic carbocycles. The number of fused-ring (bicyclic) bond motifs is 1. The van der Waals surface area contributed by atoms with Gasteiger partial charge in [-0.25, -0.2) is 8.78 Å². The first kappa shape index (κ1) is 18.8. The Morgan fingerprint density at radius 2 is 2.04 bits per heavy atom. The third kappa shape index (κ3) is 3.70. The minimum absolute atomic E-state index is 0.242. The van der Waals surface area contributed by atoms with Crippen LogP contribution in [0.25, 0.3) is 10.2 Å². The smallest absolute Gasteiger partial charge is 0.268 e. The van der Waals surface area contributed by atoms with Gasteiger partial charge in [0.15, 0.2) is 11.6 Å². The summed E-state index contributed by atoms with van der Waals surface area (Å²) < 4.78 is 30.5. The number of aromatic nitrogens is 2. The minimum atomic E-state index is -0.909. The molecule has 0 radical (unpaired) electrons. The first-order chi connectivity index (χ1) is 13.5. The van der Waals surface area contributed by atoms with Crippen LogP contribution in [0.2, 0.25) is 0 Å². The normalized spacial score (nSPS) is 11.1. The molecule has 142 valence electrons. The van der Waals surface area contributed by atoms with Gasteiger partial charge in [-0.2, -0.15) is 0 Å². The van der Waals surface area contributed by atoms with Crippen LogP contribution in [0.4, 0.5) is 8.78 Å². The van der Waals surface area contributed by atoms with Gasteiger partial charge < -0.3 is 9.88 Å². The number of pyridine rings is 1. The molecule has 8 heteroatoms. The SMILES string of the molecule is O=C(NCc1cccnc1)c1cc2scc(Br)c2n1Cc1ccc(F)c(F)c1. The molecule has 0 saturated carbocycles. The Balaban J connectivity index is 1.66. The molecule has 0 saturated heterocycles. The van der Waals surface area contributed by atoms with Crippen molar-refractivity contribution in [2.24, 2.45) is 0 Å². The fraction of sp³-hybridized carbons (Fsp3) is 0.100.